The Balaban J connectivity index is 1.59. The van der Waals surface area contributed by atoms with E-state index in [1.165, 1.54) is 17.8 Å². The molecule has 5 nitrogen and oxygen atoms in total. The fourth-order valence-corrected chi connectivity index (χ4v) is 3.00. The van der Waals surface area contributed by atoms with Crippen LogP contribution >= 0.6 is 11.3 Å². The average molecular weight is 313 g/mol. The highest BCUT2D eigenvalue weighted by Gasteiger charge is 2.19. The summed E-state index contributed by atoms with van der Waals surface area (Å²) < 4.78 is 5.92. The van der Waals surface area contributed by atoms with Crippen LogP contribution in [0, 0.1) is 0 Å². The van der Waals surface area contributed by atoms with Crippen molar-refractivity contribution in [1.82, 2.24) is 9.97 Å². The van der Waals surface area contributed by atoms with Crippen molar-refractivity contribution in [3.63, 3.8) is 0 Å². The van der Waals surface area contributed by atoms with E-state index in [1.54, 1.807) is 17.1 Å². The molecule has 6 heteroatoms. The third kappa shape index (κ3) is 2.46. The number of rotatable bonds is 4. The number of H-pyrrole nitrogens is 1. The number of carbonyl (C=O) groups excluding carboxylic acids is 1. The Morgan fingerprint density at radius 3 is 3.05 bits per heavy atom. The minimum absolute atomic E-state index is 0.201. The lowest BCUT2D eigenvalue weighted by Gasteiger charge is -2.26. The Kier molecular flexibility index (Phi) is 3.31. The van der Waals surface area contributed by atoms with E-state index in [0.29, 0.717) is 11.8 Å². The monoisotopic (exact) mass is 313 g/mol. The van der Waals surface area contributed by atoms with Crippen LogP contribution in [0.3, 0.4) is 0 Å². The van der Waals surface area contributed by atoms with Crippen LogP contribution in [-0.4, -0.2) is 22.0 Å². The maximum atomic E-state index is 12.1. The van der Waals surface area contributed by atoms with E-state index in [0.717, 1.165) is 35.2 Å². The molecule has 1 saturated carbocycles. The summed E-state index contributed by atoms with van der Waals surface area (Å²) in [6.45, 7) is 0. The quantitative estimate of drug-likeness (QED) is 0.769. The van der Waals surface area contributed by atoms with Crippen LogP contribution in [0.2, 0.25) is 0 Å². The standard InChI is InChI=1S/C16H15N3O2S/c20-16(15-8-22-9-18-15)19-14-7-17-13-5-4-11(6-12(13)14)21-10-2-1-3-10/h4-10,17H,1-3H2,(H,19,20). The lowest BCUT2D eigenvalue weighted by molar-refractivity contribution is 0.102. The minimum atomic E-state index is -0.201. The summed E-state index contributed by atoms with van der Waals surface area (Å²) in [6.07, 6.45) is 5.62. The van der Waals surface area contributed by atoms with E-state index < -0.39 is 0 Å². The molecule has 0 atom stereocenters. The lowest BCUT2D eigenvalue weighted by Crippen LogP contribution is -2.24. The van der Waals surface area contributed by atoms with E-state index in [2.05, 4.69) is 15.3 Å². The van der Waals surface area contributed by atoms with Crippen LogP contribution < -0.4 is 10.1 Å². The topological polar surface area (TPSA) is 67.0 Å². The number of anilines is 1. The second-order valence-electron chi connectivity index (χ2n) is 5.41. The summed E-state index contributed by atoms with van der Waals surface area (Å²) in [5, 5.41) is 5.57. The number of thiazole rings is 1. The van der Waals surface area contributed by atoms with E-state index in [1.807, 2.05) is 18.2 Å². The van der Waals surface area contributed by atoms with Gasteiger partial charge in [-0.15, -0.1) is 11.3 Å². The summed E-state index contributed by atoms with van der Waals surface area (Å²) in [5.74, 6) is 0.647. The normalized spacial score (nSPS) is 14.7. The van der Waals surface area contributed by atoms with Crippen molar-refractivity contribution in [3.05, 3.63) is 41.0 Å². The van der Waals surface area contributed by atoms with Crippen LogP contribution in [0.25, 0.3) is 10.9 Å². The first kappa shape index (κ1) is 13.3. The molecule has 0 bridgehead atoms. The van der Waals surface area contributed by atoms with Gasteiger partial charge in [-0.1, -0.05) is 0 Å². The van der Waals surface area contributed by atoms with Gasteiger partial charge >= 0.3 is 0 Å². The molecule has 2 N–H and O–H groups in total. The lowest BCUT2D eigenvalue weighted by atomic mass is 9.96. The SMILES string of the molecule is O=C(Nc1c[nH]c2ccc(OC3CCC3)cc12)c1cscn1. The molecule has 0 radical (unpaired) electrons. The van der Waals surface area contributed by atoms with E-state index in [-0.39, 0.29) is 5.91 Å². The number of amides is 1. The number of nitrogens with one attached hydrogen (secondary N) is 2. The van der Waals surface area contributed by atoms with Crippen molar-refractivity contribution >= 4 is 33.8 Å². The second kappa shape index (κ2) is 5.46. The molecule has 112 valence electrons. The minimum Gasteiger partial charge on any atom is -0.490 e. The molecule has 1 aromatic carbocycles. The highest BCUT2D eigenvalue weighted by atomic mass is 32.1. The van der Waals surface area contributed by atoms with E-state index in [9.17, 15) is 4.79 Å². The fraction of sp³-hybridized carbons (Fsp3) is 0.250. The van der Waals surface area contributed by atoms with Crippen LogP contribution in [-0.2, 0) is 0 Å². The number of hydrogen-bond donors (Lipinski definition) is 2. The Labute approximate surface area is 131 Å². The largest absolute Gasteiger partial charge is 0.490 e. The van der Waals surface area contributed by atoms with Crippen LogP contribution in [0.1, 0.15) is 29.8 Å². The van der Waals surface area contributed by atoms with Gasteiger partial charge in [-0.05, 0) is 37.5 Å². The van der Waals surface area contributed by atoms with E-state index >= 15 is 0 Å². The predicted molar refractivity (Wildman–Crippen MR) is 86.6 cm³/mol. The van der Waals surface area contributed by atoms with E-state index in [4.69, 9.17) is 4.74 Å². The molecule has 4 rings (SSSR count). The van der Waals surface area contributed by atoms with Crippen molar-refractivity contribution in [1.29, 1.82) is 0 Å². The molecule has 1 aliphatic rings. The number of nitrogens with zero attached hydrogens (tertiary/aromatic N) is 1. The zero-order valence-electron chi connectivity index (χ0n) is 11.8. The summed E-state index contributed by atoms with van der Waals surface area (Å²) in [7, 11) is 0. The van der Waals surface area contributed by atoms with Gasteiger partial charge in [0.15, 0.2) is 0 Å². The van der Waals surface area contributed by atoms with Gasteiger partial charge in [0.25, 0.3) is 5.91 Å². The molecule has 2 heterocycles. The van der Waals surface area contributed by atoms with Gasteiger partial charge in [0.2, 0.25) is 0 Å². The number of aromatic nitrogens is 2. The third-order valence-electron chi connectivity index (χ3n) is 3.92. The van der Waals surface area contributed by atoms with Crippen LogP contribution in [0.4, 0.5) is 5.69 Å². The Hall–Kier alpha value is -2.34. The first-order valence-corrected chi connectivity index (χ1v) is 8.21. The molecule has 1 aliphatic carbocycles. The summed E-state index contributed by atoms with van der Waals surface area (Å²) in [6, 6.07) is 5.91. The van der Waals surface area contributed by atoms with Gasteiger partial charge in [0, 0.05) is 22.5 Å². The first-order chi connectivity index (χ1) is 10.8. The van der Waals surface area contributed by atoms with Gasteiger partial charge in [-0.2, -0.15) is 0 Å². The summed E-state index contributed by atoms with van der Waals surface area (Å²) in [5.41, 5.74) is 3.79. The van der Waals surface area contributed by atoms with Crippen molar-refractivity contribution in [2.24, 2.45) is 0 Å². The zero-order valence-corrected chi connectivity index (χ0v) is 12.7. The molecule has 0 aliphatic heterocycles. The number of ether oxygens (including phenoxy) is 1. The smallest absolute Gasteiger partial charge is 0.275 e. The van der Waals surface area contributed by atoms with Gasteiger partial charge in [0.05, 0.1) is 17.3 Å². The molecule has 2 aromatic heterocycles. The molecular formula is C16H15N3O2S. The zero-order chi connectivity index (χ0) is 14.9. The fourth-order valence-electron chi connectivity index (χ4n) is 2.47. The Morgan fingerprint density at radius 2 is 2.32 bits per heavy atom. The number of benzene rings is 1. The molecule has 1 amide bonds. The first-order valence-electron chi connectivity index (χ1n) is 7.27. The van der Waals surface area contributed by atoms with Gasteiger partial charge in [-0.3, -0.25) is 4.79 Å². The number of aromatic amines is 1. The molecule has 0 saturated heterocycles. The molecule has 3 aromatic rings. The van der Waals surface area contributed by atoms with Crippen molar-refractivity contribution in [2.45, 2.75) is 25.4 Å². The highest BCUT2D eigenvalue weighted by Crippen LogP contribution is 2.30. The Morgan fingerprint density at radius 1 is 1.41 bits per heavy atom. The molecule has 1 fully saturated rings. The molecule has 0 unspecified atom stereocenters. The third-order valence-corrected chi connectivity index (χ3v) is 4.51. The maximum Gasteiger partial charge on any atom is 0.275 e. The average Bonchev–Trinajstić information content (AvgIpc) is 3.13. The van der Waals surface area contributed by atoms with Crippen molar-refractivity contribution in [3.8, 4) is 5.75 Å². The van der Waals surface area contributed by atoms with Crippen LogP contribution in [0.5, 0.6) is 5.75 Å². The number of carbonyl (C=O) groups is 1. The van der Waals surface area contributed by atoms with Gasteiger partial charge < -0.3 is 15.0 Å². The Bertz CT molecular complexity index is 806. The highest BCUT2D eigenvalue weighted by molar-refractivity contribution is 7.07. The molecule has 0 spiro atoms. The summed E-state index contributed by atoms with van der Waals surface area (Å²) >= 11 is 1.40. The van der Waals surface area contributed by atoms with Crippen molar-refractivity contribution < 1.29 is 9.53 Å². The number of fused-ring (bicyclic) bond motifs is 1. The second-order valence-corrected chi connectivity index (χ2v) is 6.13. The van der Waals surface area contributed by atoms with Gasteiger partial charge in [0.1, 0.15) is 11.4 Å². The molecular weight excluding hydrogens is 298 g/mol. The molecule has 22 heavy (non-hydrogen) atoms. The summed E-state index contributed by atoms with van der Waals surface area (Å²) in [4.78, 5) is 19.3. The van der Waals surface area contributed by atoms with Crippen molar-refractivity contribution in [2.75, 3.05) is 5.32 Å². The number of hydrogen-bond acceptors (Lipinski definition) is 4. The predicted octanol–water partition coefficient (Wildman–Crippen LogP) is 3.81. The van der Waals surface area contributed by atoms with Crippen LogP contribution in [0.15, 0.2) is 35.3 Å². The maximum absolute atomic E-state index is 12.1. The van der Waals surface area contributed by atoms with Gasteiger partial charge in [-0.25, -0.2) is 4.98 Å².